The van der Waals surface area contributed by atoms with Crippen LogP contribution in [0.25, 0.3) is 0 Å². The molecule has 0 amide bonds. The van der Waals surface area contributed by atoms with Crippen molar-refractivity contribution in [3.63, 3.8) is 0 Å². The summed E-state index contributed by atoms with van der Waals surface area (Å²) < 4.78 is 11.2. The molecule has 1 heterocycles. The summed E-state index contributed by atoms with van der Waals surface area (Å²) in [5, 5.41) is 0. The predicted molar refractivity (Wildman–Crippen MR) is 77.4 cm³/mol. The summed E-state index contributed by atoms with van der Waals surface area (Å²) >= 11 is 4.55. The zero-order chi connectivity index (χ0) is 12.8. The maximum atomic E-state index is 5.70. The number of hydrogen-bond acceptors (Lipinski definition) is 4. The Balaban J connectivity index is 1.62. The van der Waals surface area contributed by atoms with Crippen molar-refractivity contribution >= 4 is 12.6 Å². The molecule has 2 aliphatic rings. The standard InChI is InChI=1S/C14H27NO2S/c1-15(6-9-17-10-13-2-3-13)11-14(12-18)4-7-16-8-5-14/h13,18H,2-12H2,1H3. The van der Waals surface area contributed by atoms with E-state index >= 15 is 0 Å². The van der Waals surface area contributed by atoms with Crippen LogP contribution in [0.4, 0.5) is 0 Å². The third-order valence-electron chi connectivity index (χ3n) is 4.16. The Bertz CT molecular complexity index is 240. The van der Waals surface area contributed by atoms with E-state index in [4.69, 9.17) is 9.47 Å². The van der Waals surface area contributed by atoms with Crippen LogP contribution in [0.2, 0.25) is 0 Å². The maximum absolute atomic E-state index is 5.70. The van der Waals surface area contributed by atoms with Gasteiger partial charge in [-0.05, 0) is 49.8 Å². The molecule has 2 rings (SSSR count). The molecule has 1 saturated carbocycles. The van der Waals surface area contributed by atoms with Gasteiger partial charge in [-0.2, -0.15) is 12.6 Å². The molecule has 1 saturated heterocycles. The van der Waals surface area contributed by atoms with Gasteiger partial charge in [0, 0.05) is 32.9 Å². The highest BCUT2D eigenvalue weighted by molar-refractivity contribution is 7.80. The average Bonchev–Trinajstić information content (AvgIpc) is 3.20. The average molecular weight is 273 g/mol. The van der Waals surface area contributed by atoms with Crippen molar-refractivity contribution in [2.24, 2.45) is 11.3 Å². The summed E-state index contributed by atoms with van der Waals surface area (Å²) in [5.41, 5.74) is 0.354. The fourth-order valence-electron chi connectivity index (χ4n) is 2.58. The van der Waals surface area contributed by atoms with Crippen molar-refractivity contribution in [2.75, 3.05) is 52.3 Å². The Kier molecular flexibility index (Phi) is 5.80. The number of hydrogen-bond donors (Lipinski definition) is 1. The number of likely N-dealkylation sites (N-methyl/N-ethyl adjacent to an activating group) is 1. The molecule has 2 fully saturated rings. The van der Waals surface area contributed by atoms with Crippen LogP contribution in [0.5, 0.6) is 0 Å². The highest BCUT2D eigenvalue weighted by Crippen LogP contribution is 2.32. The molecule has 3 nitrogen and oxygen atoms in total. The first-order valence-corrected chi connectivity index (χ1v) is 7.82. The van der Waals surface area contributed by atoms with E-state index in [1.807, 2.05) is 0 Å². The van der Waals surface area contributed by atoms with Gasteiger partial charge in [0.15, 0.2) is 0 Å². The summed E-state index contributed by atoms with van der Waals surface area (Å²) in [6, 6.07) is 0. The highest BCUT2D eigenvalue weighted by atomic mass is 32.1. The van der Waals surface area contributed by atoms with Gasteiger partial charge in [-0.15, -0.1) is 0 Å². The molecule has 0 aromatic carbocycles. The second-order valence-corrected chi connectivity index (χ2v) is 6.34. The third-order valence-corrected chi connectivity index (χ3v) is 4.83. The molecule has 0 spiro atoms. The number of ether oxygens (including phenoxy) is 2. The molecule has 0 bridgehead atoms. The van der Waals surface area contributed by atoms with Crippen LogP contribution in [0.1, 0.15) is 25.7 Å². The molecule has 1 aliphatic carbocycles. The first-order valence-electron chi connectivity index (χ1n) is 7.19. The van der Waals surface area contributed by atoms with Crippen molar-refractivity contribution in [3.05, 3.63) is 0 Å². The molecule has 0 N–H and O–H groups in total. The van der Waals surface area contributed by atoms with E-state index in [0.717, 1.165) is 64.0 Å². The molecule has 18 heavy (non-hydrogen) atoms. The normalized spacial score (nSPS) is 23.5. The van der Waals surface area contributed by atoms with E-state index < -0.39 is 0 Å². The smallest absolute Gasteiger partial charge is 0.0593 e. The molecule has 0 aromatic rings. The lowest BCUT2D eigenvalue weighted by molar-refractivity contribution is 0.00686. The van der Waals surface area contributed by atoms with E-state index in [1.165, 1.54) is 12.8 Å². The van der Waals surface area contributed by atoms with Gasteiger partial charge in [-0.1, -0.05) is 0 Å². The molecular formula is C14H27NO2S. The minimum atomic E-state index is 0.354. The number of nitrogens with zero attached hydrogens (tertiary/aromatic N) is 1. The fourth-order valence-corrected chi connectivity index (χ4v) is 2.99. The van der Waals surface area contributed by atoms with Crippen LogP contribution in [0.3, 0.4) is 0 Å². The molecule has 0 radical (unpaired) electrons. The van der Waals surface area contributed by atoms with Gasteiger partial charge in [-0.25, -0.2) is 0 Å². The Hall–Kier alpha value is 0.230. The molecule has 0 unspecified atom stereocenters. The summed E-state index contributed by atoms with van der Waals surface area (Å²) in [7, 11) is 2.20. The lowest BCUT2D eigenvalue weighted by Gasteiger charge is -2.39. The maximum Gasteiger partial charge on any atom is 0.0593 e. The Labute approximate surface area is 117 Å². The Morgan fingerprint density at radius 1 is 1.33 bits per heavy atom. The van der Waals surface area contributed by atoms with Crippen molar-refractivity contribution in [1.82, 2.24) is 4.90 Å². The lowest BCUT2D eigenvalue weighted by atomic mass is 9.81. The van der Waals surface area contributed by atoms with Crippen molar-refractivity contribution in [2.45, 2.75) is 25.7 Å². The topological polar surface area (TPSA) is 21.7 Å². The van der Waals surface area contributed by atoms with E-state index in [1.54, 1.807) is 0 Å². The van der Waals surface area contributed by atoms with Gasteiger partial charge in [0.1, 0.15) is 0 Å². The quantitative estimate of drug-likeness (QED) is 0.540. The van der Waals surface area contributed by atoms with Gasteiger partial charge in [-0.3, -0.25) is 0 Å². The van der Waals surface area contributed by atoms with Gasteiger partial charge in [0.25, 0.3) is 0 Å². The van der Waals surface area contributed by atoms with Crippen LogP contribution < -0.4 is 0 Å². The largest absolute Gasteiger partial charge is 0.381 e. The third kappa shape index (κ3) is 4.72. The summed E-state index contributed by atoms with van der Waals surface area (Å²) in [6.45, 7) is 5.78. The Morgan fingerprint density at radius 3 is 2.67 bits per heavy atom. The molecule has 4 heteroatoms. The number of rotatable bonds is 8. The SMILES string of the molecule is CN(CCOCC1CC1)CC1(CS)CCOCC1. The van der Waals surface area contributed by atoms with E-state index in [-0.39, 0.29) is 0 Å². The lowest BCUT2D eigenvalue weighted by Crippen LogP contribution is -2.42. The Morgan fingerprint density at radius 2 is 2.06 bits per heavy atom. The summed E-state index contributed by atoms with van der Waals surface area (Å²) in [4.78, 5) is 2.40. The zero-order valence-electron chi connectivity index (χ0n) is 11.6. The van der Waals surface area contributed by atoms with Crippen LogP contribution in [0, 0.1) is 11.3 Å². The van der Waals surface area contributed by atoms with Crippen LogP contribution in [-0.4, -0.2) is 57.2 Å². The molecular weight excluding hydrogens is 246 g/mol. The van der Waals surface area contributed by atoms with E-state index in [9.17, 15) is 0 Å². The first kappa shape index (κ1) is 14.6. The molecule has 106 valence electrons. The second-order valence-electron chi connectivity index (χ2n) is 6.03. The van der Waals surface area contributed by atoms with Gasteiger partial charge in [0.2, 0.25) is 0 Å². The molecule has 0 atom stereocenters. The van der Waals surface area contributed by atoms with Crippen molar-refractivity contribution in [3.8, 4) is 0 Å². The second kappa shape index (κ2) is 7.13. The van der Waals surface area contributed by atoms with Crippen molar-refractivity contribution < 1.29 is 9.47 Å². The van der Waals surface area contributed by atoms with Crippen LogP contribution in [0.15, 0.2) is 0 Å². The molecule has 1 aliphatic heterocycles. The molecule has 0 aromatic heterocycles. The minimum Gasteiger partial charge on any atom is -0.381 e. The van der Waals surface area contributed by atoms with Gasteiger partial charge < -0.3 is 14.4 Å². The van der Waals surface area contributed by atoms with Gasteiger partial charge >= 0.3 is 0 Å². The van der Waals surface area contributed by atoms with E-state index in [2.05, 4.69) is 24.6 Å². The highest BCUT2D eigenvalue weighted by Gasteiger charge is 2.32. The van der Waals surface area contributed by atoms with E-state index in [0.29, 0.717) is 5.41 Å². The van der Waals surface area contributed by atoms with Crippen LogP contribution >= 0.6 is 12.6 Å². The summed E-state index contributed by atoms with van der Waals surface area (Å²) in [6.07, 6.45) is 5.03. The summed E-state index contributed by atoms with van der Waals surface area (Å²) in [5.74, 6) is 1.83. The zero-order valence-corrected chi connectivity index (χ0v) is 12.5. The first-order chi connectivity index (χ1) is 8.74. The van der Waals surface area contributed by atoms with Gasteiger partial charge in [0.05, 0.1) is 6.61 Å². The predicted octanol–water partition coefficient (Wildman–Crippen LogP) is 2.07. The van der Waals surface area contributed by atoms with Crippen LogP contribution in [-0.2, 0) is 9.47 Å². The monoisotopic (exact) mass is 273 g/mol. The van der Waals surface area contributed by atoms with Crippen molar-refractivity contribution in [1.29, 1.82) is 0 Å². The minimum absolute atomic E-state index is 0.354. The number of thiol groups is 1. The fraction of sp³-hybridized carbons (Fsp3) is 1.00.